The number of hydrogen-bond acceptors (Lipinski definition) is 6. The Morgan fingerprint density at radius 3 is 2.10 bits per heavy atom. The molecular weight excluding hydrogens is 506 g/mol. The van der Waals surface area contributed by atoms with Gasteiger partial charge in [-0.3, -0.25) is 9.80 Å². The van der Waals surface area contributed by atoms with Crippen LogP contribution in [0.15, 0.2) is 97.3 Å². The summed E-state index contributed by atoms with van der Waals surface area (Å²) in [5, 5.41) is 9.20. The molecule has 2 aliphatic heterocycles. The molecule has 4 aromatic rings. The van der Waals surface area contributed by atoms with Gasteiger partial charge in [0.2, 0.25) is 0 Å². The molecule has 3 aromatic carbocycles. The van der Waals surface area contributed by atoms with E-state index in [1.165, 1.54) is 27.8 Å². The van der Waals surface area contributed by atoms with Crippen molar-refractivity contribution in [2.45, 2.75) is 12.8 Å². The Kier molecular flexibility index (Phi) is 8.81. The quantitative estimate of drug-likeness (QED) is 0.310. The van der Waals surface area contributed by atoms with E-state index in [9.17, 15) is 5.11 Å². The first-order valence-corrected chi connectivity index (χ1v) is 14.8. The molecule has 1 fully saturated rings. The summed E-state index contributed by atoms with van der Waals surface area (Å²) < 4.78 is 0. The van der Waals surface area contributed by atoms with Gasteiger partial charge in [0.1, 0.15) is 0 Å². The number of anilines is 1. The smallest absolute Gasteiger partial charge is 0.159 e. The number of hydrogen-bond donors (Lipinski definition) is 1. The van der Waals surface area contributed by atoms with Gasteiger partial charge in [0.15, 0.2) is 5.82 Å². The van der Waals surface area contributed by atoms with Crippen molar-refractivity contribution in [1.82, 2.24) is 19.8 Å². The van der Waals surface area contributed by atoms with Crippen molar-refractivity contribution in [3.63, 3.8) is 0 Å². The molecule has 2 aliphatic rings. The van der Waals surface area contributed by atoms with Crippen LogP contribution >= 0.6 is 0 Å². The van der Waals surface area contributed by atoms with Gasteiger partial charge in [-0.05, 0) is 46.7 Å². The number of aromatic nitrogens is 2. The number of nitrogens with zero attached hydrogens (tertiary/aromatic N) is 5. The summed E-state index contributed by atoms with van der Waals surface area (Å²) in [6.07, 6.45) is 8.36. The molecule has 0 saturated carbocycles. The van der Waals surface area contributed by atoms with Gasteiger partial charge in [-0.2, -0.15) is 0 Å². The first-order valence-electron chi connectivity index (χ1n) is 14.8. The van der Waals surface area contributed by atoms with Gasteiger partial charge in [-0.1, -0.05) is 78.9 Å². The molecule has 0 unspecified atom stereocenters. The van der Waals surface area contributed by atoms with E-state index < -0.39 is 0 Å². The summed E-state index contributed by atoms with van der Waals surface area (Å²) in [4.78, 5) is 16.7. The third kappa shape index (κ3) is 6.91. The third-order valence-electron chi connectivity index (χ3n) is 8.35. The minimum absolute atomic E-state index is 0.219. The molecule has 1 saturated heterocycles. The van der Waals surface area contributed by atoms with Crippen LogP contribution in [0.5, 0.6) is 0 Å². The first-order chi connectivity index (χ1) is 20.2. The maximum absolute atomic E-state index is 9.20. The topological polar surface area (TPSA) is 55.7 Å². The Bertz CT molecular complexity index is 1430. The Morgan fingerprint density at radius 1 is 0.659 bits per heavy atom. The monoisotopic (exact) mass is 545 g/mol. The molecule has 41 heavy (non-hydrogen) atoms. The minimum Gasteiger partial charge on any atom is -0.395 e. The number of aliphatic hydroxyl groups is 1. The summed E-state index contributed by atoms with van der Waals surface area (Å²) in [6, 6.07) is 28.1. The predicted octanol–water partition coefficient (Wildman–Crippen LogP) is 5.26. The number of piperazine rings is 1. The predicted molar refractivity (Wildman–Crippen MR) is 168 cm³/mol. The molecule has 0 atom stereocenters. The zero-order valence-corrected chi connectivity index (χ0v) is 23.7. The molecule has 0 radical (unpaired) electrons. The fourth-order valence-corrected chi connectivity index (χ4v) is 5.82. The van der Waals surface area contributed by atoms with Crippen molar-refractivity contribution in [3.05, 3.63) is 108 Å². The summed E-state index contributed by atoms with van der Waals surface area (Å²) in [6.45, 7) is 8.11. The van der Waals surface area contributed by atoms with E-state index in [4.69, 9.17) is 9.97 Å². The second-order valence-electron chi connectivity index (χ2n) is 11.0. The maximum atomic E-state index is 9.20. The van der Waals surface area contributed by atoms with E-state index in [1.54, 1.807) is 0 Å². The van der Waals surface area contributed by atoms with Gasteiger partial charge in [0, 0.05) is 57.9 Å². The van der Waals surface area contributed by atoms with Crippen molar-refractivity contribution < 1.29 is 5.11 Å². The average Bonchev–Trinajstić information content (AvgIpc) is 3.05. The highest BCUT2D eigenvalue weighted by Gasteiger charge is 2.18. The molecule has 0 spiro atoms. The largest absolute Gasteiger partial charge is 0.395 e. The number of aliphatic hydroxyl groups excluding tert-OH is 1. The van der Waals surface area contributed by atoms with Gasteiger partial charge in [0.05, 0.1) is 24.7 Å². The molecule has 0 aliphatic carbocycles. The van der Waals surface area contributed by atoms with E-state index >= 15 is 0 Å². The zero-order chi connectivity index (χ0) is 27.9. The highest BCUT2D eigenvalue weighted by molar-refractivity contribution is 5.74. The molecule has 6 rings (SSSR count). The fourth-order valence-electron chi connectivity index (χ4n) is 5.82. The highest BCUT2D eigenvalue weighted by atomic mass is 16.3. The molecule has 6 nitrogen and oxygen atoms in total. The van der Waals surface area contributed by atoms with Gasteiger partial charge in [-0.25, -0.2) is 9.97 Å². The lowest BCUT2D eigenvalue weighted by molar-refractivity contribution is 0.208. The van der Waals surface area contributed by atoms with Crippen molar-refractivity contribution in [2.24, 2.45) is 0 Å². The van der Waals surface area contributed by atoms with Crippen LogP contribution in [0.2, 0.25) is 0 Å². The van der Waals surface area contributed by atoms with Gasteiger partial charge < -0.3 is 10.0 Å². The van der Waals surface area contributed by atoms with Crippen LogP contribution in [-0.4, -0.2) is 83.8 Å². The summed E-state index contributed by atoms with van der Waals surface area (Å²) in [5.74, 6) is 0.760. The van der Waals surface area contributed by atoms with Gasteiger partial charge in [0.25, 0.3) is 0 Å². The van der Waals surface area contributed by atoms with Crippen LogP contribution in [0.4, 0.5) is 5.69 Å². The van der Waals surface area contributed by atoms with E-state index in [2.05, 4.69) is 99.6 Å². The summed E-state index contributed by atoms with van der Waals surface area (Å²) in [5.41, 5.74) is 8.61. The van der Waals surface area contributed by atoms with Crippen molar-refractivity contribution >= 4 is 11.3 Å². The standard InChI is InChI=1S/C35H39N5O/c41-24-23-38-17-14-30(15-18-38)33-8-4-7-32(25-33)29-9-11-31(12-10-29)35-36-26-34(27-37-35)40-21-19-39(20-22-40)16-13-28-5-2-1-3-6-28/h1-12,14,25-27,41H,13,15-24H2. The molecule has 6 heteroatoms. The Balaban J connectivity index is 1.04. The lowest BCUT2D eigenvalue weighted by atomic mass is 9.95. The first kappa shape index (κ1) is 27.3. The normalized spacial score (nSPS) is 16.5. The van der Waals surface area contributed by atoms with Gasteiger partial charge in [-0.15, -0.1) is 0 Å². The second-order valence-corrected chi connectivity index (χ2v) is 11.0. The Hall–Kier alpha value is -3.84. The molecule has 0 bridgehead atoms. The highest BCUT2D eigenvalue weighted by Crippen LogP contribution is 2.29. The fraction of sp³-hybridized carbons (Fsp3) is 0.314. The van der Waals surface area contributed by atoms with E-state index in [1.807, 2.05) is 12.4 Å². The van der Waals surface area contributed by atoms with Crippen LogP contribution < -0.4 is 4.90 Å². The zero-order valence-electron chi connectivity index (χ0n) is 23.7. The lowest BCUT2D eigenvalue weighted by Crippen LogP contribution is -2.47. The maximum Gasteiger partial charge on any atom is 0.159 e. The van der Waals surface area contributed by atoms with E-state index in [0.717, 1.165) is 82.3 Å². The van der Waals surface area contributed by atoms with Crippen molar-refractivity contribution in [2.75, 3.05) is 63.9 Å². The second kappa shape index (κ2) is 13.2. The molecule has 0 amide bonds. The van der Waals surface area contributed by atoms with Crippen LogP contribution in [0.25, 0.3) is 28.1 Å². The average molecular weight is 546 g/mol. The molecule has 1 N–H and O–H groups in total. The number of β-amino-alcohol motifs (C(OH)–C–C–N with tert-alkyl or cyclic N) is 1. The van der Waals surface area contributed by atoms with Crippen LogP contribution in [0.1, 0.15) is 17.5 Å². The Labute approximate surface area is 243 Å². The number of benzene rings is 3. The molecule has 1 aromatic heterocycles. The summed E-state index contributed by atoms with van der Waals surface area (Å²) in [7, 11) is 0. The SMILES string of the molecule is OCCN1CC=C(c2cccc(-c3ccc(-c4ncc(N5CCN(CCc6ccccc6)CC5)cn4)cc3)c2)CC1. The van der Waals surface area contributed by atoms with Crippen molar-refractivity contribution in [3.8, 4) is 22.5 Å². The third-order valence-corrected chi connectivity index (χ3v) is 8.35. The molecular formula is C35H39N5O. The number of rotatable bonds is 9. The van der Waals surface area contributed by atoms with Crippen LogP contribution in [-0.2, 0) is 6.42 Å². The lowest BCUT2D eigenvalue weighted by Gasteiger charge is -2.35. The van der Waals surface area contributed by atoms with E-state index in [0.29, 0.717) is 0 Å². The Morgan fingerprint density at radius 2 is 1.39 bits per heavy atom. The van der Waals surface area contributed by atoms with Crippen LogP contribution in [0.3, 0.4) is 0 Å². The minimum atomic E-state index is 0.219. The van der Waals surface area contributed by atoms with Gasteiger partial charge >= 0.3 is 0 Å². The molecule has 3 heterocycles. The van der Waals surface area contributed by atoms with Crippen molar-refractivity contribution in [1.29, 1.82) is 0 Å². The van der Waals surface area contributed by atoms with Crippen LogP contribution in [0, 0.1) is 0 Å². The summed E-state index contributed by atoms with van der Waals surface area (Å²) >= 11 is 0. The van der Waals surface area contributed by atoms with E-state index in [-0.39, 0.29) is 6.61 Å². The molecule has 210 valence electrons.